The van der Waals surface area contributed by atoms with Crippen molar-refractivity contribution in [2.75, 3.05) is 26.1 Å². The van der Waals surface area contributed by atoms with Gasteiger partial charge in [0.15, 0.2) is 0 Å². The maximum absolute atomic E-state index is 13.7. The Morgan fingerprint density at radius 2 is 1.72 bits per heavy atom. The monoisotopic (exact) mass is 751 g/mol. The highest BCUT2D eigenvalue weighted by Gasteiger charge is 2.36. The summed E-state index contributed by atoms with van der Waals surface area (Å²) in [6, 6.07) is 11.2. The van der Waals surface area contributed by atoms with E-state index in [4.69, 9.17) is 18.4 Å². The number of ether oxygens (including phenoxy) is 1. The van der Waals surface area contributed by atoms with E-state index in [1.807, 2.05) is 12.1 Å². The second-order valence-corrected chi connectivity index (χ2v) is 14.5. The van der Waals surface area contributed by atoms with Gasteiger partial charge in [0.25, 0.3) is 0 Å². The number of carbonyl (C=O) groups excluding carboxylic acids is 2. The van der Waals surface area contributed by atoms with Crippen molar-refractivity contribution in [3.05, 3.63) is 81.6 Å². The van der Waals surface area contributed by atoms with Gasteiger partial charge in [0.05, 0.1) is 21.6 Å². The first-order valence-electron chi connectivity index (χ1n) is 21.4. The molecule has 8 rings (SSSR count). The third-order valence-electron chi connectivity index (χ3n) is 9.55. The molecule has 2 aromatic heterocycles. The quantitative estimate of drug-likeness (QED) is 0.205. The first kappa shape index (κ1) is 24.1. The zero-order valence-corrected chi connectivity index (χ0v) is 29.3. The number of carbonyl (C=O) groups is 3. The Bertz CT molecular complexity index is 2470. The highest BCUT2D eigenvalue weighted by molar-refractivity contribution is 9.10. The summed E-state index contributed by atoms with van der Waals surface area (Å²) >= 11 is 3.55. The minimum absolute atomic E-state index is 0.132. The fraction of sp³-hybridized carbons (Fsp3) is 0.410. The summed E-state index contributed by atoms with van der Waals surface area (Å²) < 4.78 is 87.1. The van der Waals surface area contributed by atoms with E-state index in [1.54, 1.807) is 45.2 Å². The molecule has 1 amide bonds. The number of fused-ring (bicyclic) bond motifs is 4. The standard InChI is InChI=1S/C24H30BrN3O3.C15H14N2O2/c1-6-27(7-2)22(29)14-11-16-15-9-8-10-19-20(15)17(12-18(16)26-13-14)21(25)28(19)23(30)31-24(3,4)5;18-15(19)17-8-9-7-12-10(4-2-6-16-12)11-3-1-5-13(17)14(9)11/h8-11,14,18,26H,6-7,12-13H2,1-5H3;1,3-5,8,12,16H,2,6-7H2,(H,18,19)/t14-,18-;/m1./s1/i1D3,2D3,6D2,7D2;. The average molecular weight is 753 g/mol. The van der Waals surface area contributed by atoms with Gasteiger partial charge < -0.3 is 25.4 Å². The Balaban J connectivity index is 0.000000235. The molecule has 3 atom stereocenters. The molecular formula is C39H44BrN5O5. The second kappa shape index (κ2) is 13.2. The molecule has 2 aromatic carbocycles. The van der Waals surface area contributed by atoms with Crippen LogP contribution in [0.3, 0.4) is 0 Å². The number of aromatic nitrogens is 2. The van der Waals surface area contributed by atoms with Crippen LogP contribution in [0, 0.1) is 5.92 Å². The number of rotatable bonds is 3. The van der Waals surface area contributed by atoms with E-state index in [0.29, 0.717) is 33.7 Å². The fourth-order valence-corrected chi connectivity index (χ4v) is 8.25. The summed E-state index contributed by atoms with van der Waals surface area (Å²) in [5.74, 6) is -2.61. The Labute approximate surface area is 314 Å². The molecule has 3 N–H and O–H groups in total. The largest absolute Gasteiger partial charge is 0.464 e. The fourth-order valence-electron chi connectivity index (χ4n) is 7.56. The Kier molecular flexibility index (Phi) is 6.34. The van der Waals surface area contributed by atoms with Gasteiger partial charge in [-0.15, -0.1) is 0 Å². The minimum atomic E-state index is -3.63. The van der Waals surface area contributed by atoms with Crippen molar-refractivity contribution in [1.29, 1.82) is 0 Å². The van der Waals surface area contributed by atoms with Crippen LogP contribution in [0.1, 0.15) is 76.9 Å². The van der Waals surface area contributed by atoms with Crippen LogP contribution >= 0.6 is 15.9 Å². The van der Waals surface area contributed by atoms with E-state index in [0.717, 1.165) is 46.8 Å². The number of benzene rings is 2. The Hall–Kier alpha value is -4.19. The normalized spacial score (nSPS) is 24.6. The topological polar surface area (TPSA) is 118 Å². The lowest BCUT2D eigenvalue weighted by molar-refractivity contribution is -0.133. The molecule has 0 fully saturated rings. The number of hydrogen-bond acceptors (Lipinski definition) is 6. The Morgan fingerprint density at radius 3 is 2.42 bits per heavy atom. The van der Waals surface area contributed by atoms with E-state index < -0.39 is 56.3 Å². The molecular weight excluding hydrogens is 698 g/mol. The van der Waals surface area contributed by atoms with Crippen molar-refractivity contribution in [2.45, 2.75) is 71.4 Å². The van der Waals surface area contributed by atoms with E-state index in [1.165, 1.54) is 26.3 Å². The number of nitrogens with zero attached hydrogens (tertiary/aromatic N) is 3. The van der Waals surface area contributed by atoms with Crippen LogP contribution in [0.4, 0.5) is 9.59 Å². The molecule has 0 bridgehead atoms. The van der Waals surface area contributed by atoms with Gasteiger partial charge in [-0.3, -0.25) is 9.36 Å². The van der Waals surface area contributed by atoms with Crippen LogP contribution in [-0.2, 0) is 22.4 Å². The van der Waals surface area contributed by atoms with Crippen molar-refractivity contribution < 1.29 is 37.9 Å². The van der Waals surface area contributed by atoms with Crippen molar-refractivity contribution in [1.82, 2.24) is 24.7 Å². The predicted molar refractivity (Wildman–Crippen MR) is 200 cm³/mol. The lowest BCUT2D eigenvalue weighted by atomic mass is 9.80. The molecule has 10 nitrogen and oxygen atoms in total. The minimum Gasteiger partial charge on any atom is -0.464 e. The highest BCUT2D eigenvalue weighted by Crippen LogP contribution is 2.43. The van der Waals surface area contributed by atoms with Gasteiger partial charge in [-0.2, -0.15) is 0 Å². The van der Waals surface area contributed by atoms with Gasteiger partial charge in [0.1, 0.15) is 5.60 Å². The predicted octanol–water partition coefficient (Wildman–Crippen LogP) is 7.05. The molecule has 0 spiro atoms. The van der Waals surface area contributed by atoms with Crippen LogP contribution < -0.4 is 10.6 Å². The molecule has 1 unspecified atom stereocenters. The average Bonchev–Trinajstić information content (AvgIpc) is 3.66. The zero-order valence-electron chi connectivity index (χ0n) is 37.8. The number of nitrogens with one attached hydrogen (secondary N) is 2. The van der Waals surface area contributed by atoms with Crippen LogP contribution in [0.25, 0.3) is 33.0 Å². The first-order valence-corrected chi connectivity index (χ1v) is 17.2. The molecule has 2 aliphatic carbocycles. The lowest BCUT2D eigenvalue weighted by Crippen LogP contribution is -2.46. The van der Waals surface area contributed by atoms with Crippen molar-refractivity contribution in [3.63, 3.8) is 0 Å². The van der Waals surface area contributed by atoms with Gasteiger partial charge in [0, 0.05) is 62.3 Å². The zero-order chi connectivity index (χ0) is 44.1. The molecule has 0 radical (unpaired) electrons. The van der Waals surface area contributed by atoms with Crippen molar-refractivity contribution >= 4 is 67.0 Å². The molecule has 2 aliphatic heterocycles. The lowest BCUT2D eigenvalue weighted by Gasteiger charge is -2.35. The third-order valence-corrected chi connectivity index (χ3v) is 10.4. The smallest absolute Gasteiger partial charge is 0.419 e. The van der Waals surface area contributed by atoms with E-state index in [9.17, 15) is 19.5 Å². The number of halogens is 1. The summed E-state index contributed by atoms with van der Waals surface area (Å²) in [5, 5.41) is 17.8. The van der Waals surface area contributed by atoms with Gasteiger partial charge in [-0.25, -0.2) is 14.2 Å². The molecule has 262 valence electrons. The number of carboxylic acid groups (broad SMARTS) is 1. The van der Waals surface area contributed by atoms with Crippen LogP contribution in [0.5, 0.6) is 0 Å². The Morgan fingerprint density at radius 1 is 1.02 bits per heavy atom. The molecule has 11 heteroatoms. The van der Waals surface area contributed by atoms with Crippen LogP contribution in [0.2, 0.25) is 0 Å². The second-order valence-electron chi connectivity index (χ2n) is 13.7. The molecule has 4 aromatic rings. The molecule has 4 heterocycles. The molecule has 50 heavy (non-hydrogen) atoms. The number of hydrogen-bond donors (Lipinski definition) is 3. The molecule has 0 saturated heterocycles. The summed E-state index contributed by atoms with van der Waals surface area (Å²) in [6.07, 6.45) is 6.36. The molecule has 0 saturated carbocycles. The highest BCUT2D eigenvalue weighted by atomic mass is 79.9. The summed E-state index contributed by atoms with van der Waals surface area (Å²) in [5.41, 5.74) is 6.32. The maximum Gasteiger partial charge on any atom is 0.419 e. The van der Waals surface area contributed by atoms with Gasteiger partial charge in [-0.05, 0) is 122 Å². The summed E-state index contributed by atoms with van der Waals surface area (Å²) in [7, 11) is 0. The summed E-state index contributed by atoms with van der Waals surface area (Å²) in [6.45, 7) is -8.22. The maximum atomic E-state index is 13.7. The van der Waals surface area contributed by atoms with E-state index >= 15 is 0 Å². The van der Waals surface area contributed by atoms with E-state index in [2.05, 4.69) is 38.7 Å². The van der Waals surface area contributed by atoms with Gasteiger partial charge in [0.2, 0.25) is 5.91 Å². The van der Waals surface area contributed by atoms with Gasteiger partial charge in [-0.1, -0.05) is 36.4 Å². The van der Waals surface area contributed by atoms with Crippen molar-refractivity contribution in [3.8, 4) is 0 Å². The first-order chi connectivity index (χ1) is 27.8. The SMILES string of the molecule is O=C(O)n1cc2c3c(cccc31)C1=CCCNC1C2.[2H]C([2H])([2H])C([2H])([2H])N(C(=O)[C@@H]1C=C2c3cccc4c3c(c(Br)n4C(=O)OC(C)(C)C)C[C@H]2NC1)C([2H])([2H])C([2H])([2H])[2H]. The van der Waals surface area contributed by atoms with Gasteiger partial charge >= 0.3 is 12.2 Å². The number of amides is 1. The van der Waals surface area contributed by atoms with Crippen molar-refractivity contribution in [2.24, 2.45) is 5.92 Å². The summed E-state index contributed by atoms with van der Waals surface area (Å²) in [4.78, 5) is 37.9. The third kappa shape index (κ3) is 5.88. The van der Waals surface area contributed by atoms with Crippen LogP contribution in [-0.4, -0.2) is 81.0 Å². The van der Waals surface area contributed by atoms with E-state index in [-0.39, 0.29) is 17.5 Å². The molecule has 4 aliphatic rings. The van der Waals surface area contributed by atoms with Crippen LogP contribution in [0.15, 0.2) is 59.4 Å².